The summed E-state index contributed by atoms with van der Waals surface area (Å²) in [7, 11) is 1.30. The van der Waals surface area contributed by atoms with Crippen molar-refractivity contribution in [3.05, 3.63) is 71.8 Å². The van der Waals surface area contributed by atoms with Crippen molar-refractivity contribution in [2.24, 2.45) is 4.99 Å². The molecule has 1 heterocycles. The Hall–Kier alpha value is -3.39. The highest BCUT2D eigenvalue weighted by molar-refractivity contribution is 5.85. The molecule has 2 aromatic carbocycles. The number of alkyl carbamates (subject to hydrolysis) is 1. The number of amides is 1. The molecule has 3 rings (SSSR count). The maximum absolute atomic E-state index is 12.4. The van der Waals surface area contributed by atoms with Crippen LogP contribution in [-0.4, -0.2) is 42.8 Å². The molecule has 164 valence electrons. The first kappa shape index (κ1) is 22.3. The summed E-state index contributed by atoms with van der Waals surface area (Å²) in [6.07, 6.45) is 0.332. The zero-order valence-corrected chi connectivity index (χ0v) is 17.3. The monoisotopic (exact) mass is 426 g/mol. The molecule has 2 atom stereocenters. The van der Waals surface area contributed by atoms with Gasteiger partial charge in [0, 0.05) is 18.4 Å². The van der Waals surface area contributed by atoms with Crippen molar-refractivity contribution in [2.45, 2.75) is 37.6 Å². The SMILES string of the molecule is COC(=O)C1COC(CCCC(O)(NC(=O)OCc2ccccc2)c2ccccc2)=N1. The van der Waals surface area contributed by atoms with E-state index < -0.39 is 23.8 Å². The summed E-state index contributed by atoms with van der Waals surface area (Å²) in [6, 6.07) is 17.5. The van der Waals surface area contributed by atoms with Gasteiger partial charge in [-0.05, 0) is 12.0 Å². The van der Waals surface area contributed by atoms with Crippen molar-refractivity contribution in [3.8, 4) is 0 Å². The number of rotatable bonds is 9. The van der Waals surface area contributed by atoms with Gasteiger partial charge in [-0.2, -0.15) is 0 Å². The van der Waals surface area contributed by atoms with E-state index in [1.165, 1.54) is 7.11 Å². The number of aliphatic hydroxyl groups is 1. The number of nitrogens with zero attached hydrogens (tertiary/aromatic N) is 1. The molecule has 8 nitrogen and oxygen atoms in total. The first-order valence-corrected chi connectivity index (χ1v) is 10.0. The normalized spacial score (nSPS) is 17.1. The number of esters is 1. The number of hydrogen-bond acceptors (Lipinski definition) is 7. The maximum Gasteiger partial charge on any atom is 0.409 e. The Morgan fingerprint density at radius 1 is 1.16 bits per heavy atom. The number of aliphatic imine (C=N–C) groups is 1. The third kappa shape index (κ3) is 6.29. The third-order valence-corrected chi connectivity index (χ3v) is 4.88. The number of hydrogen-bond donors (Lipinski definition) is 2. The fourth-order valence-electron chi connectivity index (χ4n) is 3.23. The molecular formula is C23H26N2O6. The number of nitrogens with one attached hydrogen (secondary N) is 1. The zero-order valence-electron chi connectivity index (χ0n) is 17.3. The van der Waals surface area contributed by atoms with Crippen molar-refractivity contribution in [3.63, 3.8) is 0 Å². The van der Waals surface area contributed by atoms with Gasteiger partial charge in [-0.1, -0.05) is 60.7 Å². The summed E-state index contributed by atoms with van der Waals surface area (Å²) >= 11 is 0. The van der Waals surface area contributed by atoms with Gasteiger partial charge in [0.2, 0.25) is 0 Å². The second-order valence-corrected chi connectivity index (χ2v) is 7.14. The van der Waals surface area contributed by atoms with Crippen LogP contribution in [0.3, 0.4) is 0 Å². The highest BCUT2D eigenvalue weighted by atomic mass is 16.6. The van der Waals surface area contributed by atoms with Crippen LogP contribution in [0.15, 0.2) is 65.7 Å². The summed E-state index contributed by atoms with van der Waals surface area (Å²) in [5.74, 6) is -0.0175. The third-order valence-electron chi connectivity index (χ3n) is 4.88. The van der Waals surface area contributed by atoms with Crippen molar-refractivity contribution in [2.75, 3.05) is 13.7 Å². The predicted octanol–water partition coefficient (Wildman–Crippen LogP) is 2.90. The van der Waals surface area contributed by atoms with Gasteiger partial charge >= 0.3 is 12.1 Å². The van der Waals surface area contributed by atoms with Gasteiger partial charge in [0.05, 0.1) is 7.11 Å². The van der Waals surface area contributed by atoms with Crippen LogP contribution in [0.25, 0.3) is 0 Å². The van der Waals surface area contributed by atoms with Gasteiger partial charge in [-0.15, -0.1) is 0 Å². The Morgan fingerprint density at radius 3 is 2.52 bits per heavy atom. The quantitative estimate of drug-likeness (QED) is 0.472. The number of benzene rings is 2. The molecule has 31 heavy (non-hydrogen) atoms. The average molecular weight is 426 g/mol. The van der Waals surface area contributed by atoms with Crippen LogP contribution in [0.1, 0.15) is 30.4 Å². The highest BCUT2D eigenvalue weighted by Crippen LogP contribution is 2.25. The predicted molar refractivity (Wildman–Crippen MR) is 113 cm³/mol. The molecule has 8 heteroatoms. The van der Waals surface area contributed by atoms with Gasteiger partial charge < -0.3 is 19.3 Å². The van der Waals surface area contributed by atoms with E-state index in [1.54, 1.807) is 24.3 Å². The molecule has 1 amide bonds. The molecule has 0 fully saturated rings. The first-order valence-electron chi connectivity index (χ1n) is 10.0. The minimum atomic E-state index is -1.63. The van der Waals surface area contributed by atoms with Crippen molar-refractivity contribution in [1.29, 1.82) is 0 Å². The molecule has 0 saturated heterocycles. The first-order chi connectivity index (χ1) is 15.0. The standard InChI is InChI=1S/C23H26N2O6/c1-29-21(26)19-16-30-20(24-19)13-8-14-23(28,18-11-6-3-7-12-18)25-22(27)31-15-17-9-4-2-5-10-17/h2-7,9-12,19,28H,8,13-16H2,1H3,(H,25,27). The molecule has 0 aliphatic carbocycles. The van der Waals surface area contributed by atoms with E-state index in [0.29, 0.717) is 24.3 Å². The van der Waals surface area contributed by atoms with E-state index in [9.17, 15) is 14.7 Å². The van der Waals surface area contributed by atoms with Crippen LogP contribution in [-0.2, 0) is 31.3 Å². The largest absolute Gasteiger partial charge is 0.478 e. The van der Waals surface area contributed by atoms with Crippen LogP contribution in [0.4, 0.5) is 4.79 Å². The van der Waals surface area contributed by atoms with Crippen molar-refractivity contribution in [1.82, 2.24) is 5.32 Å². The Balaban J connectivity index is 1.60. The molecule has 0 aromatic heterocycles. The van der Waals surface area contributed by atoms with Crippen LogP contribution in [0, 0.1) is 0 Å². The minimum Gasteiger partial charge on any atom is -0.478 e. The molecule has 2 aromatic rings. The molecule has 0 bridgehead atoms. The summed E-state index contributed by atoms with van der Waals surface area (Å²) in [4.78, 5) is 28.1. The lowest BCUT2D eigenvalue weighted by atomic mass is 9.96. The van der Waals surface area contributed by atoms with Gasteiger partial charge in [0.15, 0.2) is 17.7 Å². The fourth-order valence-corrected chi connectivity index (χ4v) is 3.23. The van der Waals surface area contributed by atoms with Crippen LogP contribution in [0.2, 0.25) is 0 Å². The van der Waals surface area contributed by atoms with Crippen LogP contribution in [0.5, 0.6) is 0 Å². The molecule has 0 spiro atoms. The van der Waals surface area contributed by atoms with E-state index in [-0.39, 0.29) is 19.6 Å². The van der Waals surface area contributed by atoms with Crippen LogP contribution < -0.4 is 5.32 Å². The summed E-state index contributed by atoms with van der Waals surface area (Å²) in [6.45, 7) is 0.242. The molecule has 1 aliphatic heterocycles. The average Bonchev–Trinajstić information content (AvgIpc) is 3.27. The second-order valence-electron chi connectivity index (χ2n) is 7.14. The van der Waals surface area contributed by atoms with Gasteiger partial charge in [-0.25, -0.2) is 14.6 Å². The Kier molecular flexibility index (Phi) is 7.61. The molecule has 1 aliphatic rings. The zero-order chi connectivity index (χ0) is 22.1. The number of carbonyl (C=O) groups excluding carboxylic acids is 2. The lowest BCUT2D eigenvalue weighted by Gasteiger charge is -2.29. The summed E-state index contributed by atoms with van der Waals surface area (Å²) in [5, 5.41) is 13.8. The molecule has 2 N–H and O–H groups in total. The second kappa shape index (κ2) is 10.6. The van der Waals surface area contributed by atoms with Gasteiger partial charge in [-0.3, -0.25) is 5.32 Å². The van der Waals surface area contributed by atoms with E-state index in [1.807, 2.05) is 36.4 Å². The summed E-state index contributed by atoms with van der Waals surface area (Å²) < 4.78 is 15.4. The lowest BCUT2D eigenvalue weighted by Crippen LogP contribution is -2.46. The summed E-state index contributed by atoms with van der Waals surface area (Å²) in [5.41, 5.74) is -0.249. The molecular weight excluding hydrogens is 400 g/mol. The Bertz CT molecular complexity index is 903. The van der Waals surface area contributed by atoms with Crippen LogP contribution >= 0.6 is 0 Å². The number of carbonyl (C=O) groups is 2. The Labute approximate surface area is 180 Å². The van der Waals surface area contributed by atoms with E-state index in [4.69, 9.17) is 9.47 Å². The maximum atomic E-state index is 12.4. The van der Waals surface area contributed by atoms with Gasteiger partial charge in [0.1, 0.15) is 13.2 Å². The number of ether oxygens (including phenoxy) is 3. The number of methoxy groups -OCH3 is 1. The fraction of sp³-hybridized carbons (Fsp3) is 0.348. The Morgan fingerprint density at radius 2 is 1.84 bits per heavy atom. The molecule has 0 saturated carbocycles. The highest BCUT2D eigenvalue weighted by Gasteiger charge is 2.32. The minimum absolute atomic E-state index is 0.0944. The van der Waals surface area contributed by atoms with E-state index in [2.05, 4.69) is 15.0 Å². The molecule has 0 radical (unpaired) electrons. The molecule has 2 unspecified atom stereocenters. The van der Waals surface area contributed by atoms with E-state index >= 15 is 0 Å². The smallest absolute Gasteiger partial charge is 0.409 e. The van der Waals surface area contributed by atoms with Gasteiger partial charge in [0.25, 0.3) is 0 Å². The van der Waals surface area contributed by atoms with E-state index in [0.717, 1.165) is 5.56 Å². The van der Waals surface area contributed by atoms with Crippen molar-refractivity contribution >= 4 is 18.0 Å². The topological polar surface area (TPSA) is 106 Å². The lowest BCUT2D eigenvalue weighted by molar-refractivity contribution is -0.142. The van der Waals surface area contributed by atoms with Crippen molar-refractivity contribution < 1.29 is 28.9 Å².